The summed E-state index contributed by atoms with van der Waals surface area (Å²) in [7, 11) is 0. The maximum Gasteiger partial charge on any atom is 0.176 e. The third kappa shape index (κ3) is 1.57. The van der Waals surface area contributed by atoms with Crippen molar-refractivity contribution in [1.29, 1.82) is 5.26 Å². The molecule has 0 saturated carbocycles. The molecular weight excluding hydrogens is 202 g/mol. The summed E-state index contributed by atoms with van der Waals surface area (Å²) in [5.74, 6) is -0.653. The number of nitrogens with zero attached hydrogens (tertiary/aromatic N) is 1. The summed E-state index contributed by atoms with van der Waals surface area (Å²) < 4.78 is 0. The molecule has 0 radical (unpaired) electrons. The number of phenolic OH excluding ortho intramolecular Hbond substituents is 2. The van der Waals surface area contributed by atoms with Crippen LogP contribution in [0.25, 0.3) is 11.1 Å². The fourth-order valence-electron chi connectivity index (χ4n) is 1.55. The standard InChI is InChI=1S/C13H9NO2/c14-8-11-10(6-7-12(15)13(11)16)9-4-2-1-3-5-9/h1-7,15-16H. The quantitative estimate of drug-likeness (QED) is 0.712. The molecular formula is C13H9NO2. The van der Waals surface area contributed by atoms with Crippen molar-refractivity contribution in [3.8, 4) is 28.7 Å². The highest BCUT2D eigenvalue weighted by Gasteiger charge is 2.12. The van der Waals surface area contributed by atoms with Crippen LogP contribution in [0.5, 0.6) is 11.5 Å². The van der Waals surface area contributed by atoms with Crippen LogP contribution < -0.4 is 0 Å². The predicted molar refractivity (Wildman–Crippen MR) is 59.9 cm³/mol. The van der Waals surface area contributed by atoms with Gasteiger partial charge < -0.3 is 10.2 Å². The second-order valence-electron chi connectivity index (χ2n) is 3.33. The lowest BCUT2D eigenvalue weighted by Gasteiger charge is -2.06. The second-order valence-corrected chi connectivity index (χ2v) is 3.33. The Hall–Kier alpha value is -2.47. The smallest absolute Gasteiger partial charge is 0.176 e. The van der Waals surface area contributed by atoms with Crippen LogP contribution in [0.15, 0.2) is 42.5 Å². The third-order valence-corrected chi connectivity index (χ3v) is 2.35. The Bertz CT molecular complexity index is 556. The van der Waals surface area contributed by atoms with E-state index in [0.29, 0.717) is 5.56 Å². The minimum Gasteiger partial charge on any atom is -0.504 e. The Morgan fingerprint density at radius 1 is 0.938 bits per heavy atom. The maximum atomic E-state index is 9.57. The van der Waals surface area contributed by atoms with E-state index in [-0.39, 0.29) is 17.1 Å². The SMILES string of the molecule is N#Cc1c(-c2ccccc2)ccc(O)c1O. The normalized spacial score (nSPS) is 9.69. The Morgan fingerprint density at radius 2 is 1.62 bits per heavy atom. The predicted octanol–water partition coefficient (Wildman–Crippen LogP) is 2.64. The molecule has 0 heterocycles. The zero-order chi connectivity index (χ0) is 11.5. The van der Waals surface area contributed by atoms with Crippen LogP contribution in [-0.4, -0.2) is 10.2 Å². The number of hydrogen-bond donors (Lipinski definition) is 2. The van der Waals surface area contributed by atoms with Crippen LogP contribution >= 0.6 is 0 Å². The van der Waals surface area contributed by atoms with Gasteiger partial charge in [0, 0.05) is 5.56 Å². The van der Waals surface area contributed by atoms with Crippen molar-refractivity contribution >= 4 is 0 Å². The molecule has 0 bridgehead atoms. The molecule has 3 heteroatoms. The Kier molecular flexibility index (Phi) is 2.49. The number of rotatable bonds is 1. The van der Waals surface area contributed by atoms with Gasteiger partial charge in [0.15, 0.2) is 11.5 Å². The molecule has 3 nitrogen and oxygen atoms in total. The summed E-state index contributed by atoms with van der Waals surface area (Å²) in [6.45, 7) is 0. The summed E-state index contributed by atoms with van der Waals surface area (Å²) >= 11 is 0. The van der Waals surface area contributed by atoms with Gasteiger partial charge in [-0.1, -0.05) is 30.3 Å². The fraction of sp³-hybridized carbons (Fsp3) is 0. The van der Waals surface area contributed by atoms with Crippen LogP contribution in [-0.2, 0) is 0 Å². The van der Waals surface area contributed by atoms with E-state index in [0.717, 1.165) is 5.56 Å². The zero-order valence-corrected chi connectivity index (χ0v) is 8.38. The lowest BCUT2D eigenvalue weighted by atomic mass is 9.99. The molecule has 2 aromatic carbocycles. The van der Waals surface area contributed by atoms with Gasteiger partial charge in [0.2, 0.25) is 0 Å². The zero-order valence-electron chi connectivity index (χ0n) is 8.38. The minimum absolute atomic E-state index is 0.0891. The minimum atomic E-state index is -0.371. The van der Waals surface area contributed by atoms with Crippen LogP contribution in [0.3, 0.4) is 0 Å². The summed E-state index contributed by atoms with van der Waals surface area (Å²) in [5, 5.41) is 27.8. The van der Waals surface area contributed by atoms with Gasteiger partial charge >= 0.3 is 0 Å². The Labute approximate surface area is 92.8 Å². The topological polar surface area (TPSA) is 64.2 Å². The number of hydrogen-bond acceptors (Lipinski definition) is 3. The number of benzene rings is 2. The monoisotopic (exact) mass is 211 g/mol. The molecule has 0 fully saturated rings. The van der Waals surface area contributed by atoms with Gasteiger partial charge in [-0.15, -0.1) is 0 Å². The Morgan fingerprint density at radius 3 is 2.25 bits per heavy atom. The molecule has 0 saturated heterocycles. The van der Waals surface area contributed by atoms with Crippen molar-refractivity contribution in [2.24, 2.45) is 0 Å². The average molecular weight is 211 g/mol. The highest BCUT2D eigenvalue weighted by Crippen LogP contribution is 2.35. The molecule has 78 valence electrons. The van der Waals surface area contributed by atoms with E-state index in [4.69, 9.17) is 5.26 Å². The van der Waals surface area contributed by atoms with Crippen molar-refractivity contribution < 1.29 is 10.2 Å². The second kappa shape index (κ2) is 3.95. The van der Waals surface area contributed by atoms with Gasteiger partial charge in [0.05, 0.1) is 0 Å². The van der Waals surface area contributed by atoms with Crippen molar-refractivity contribution in [2.75, 3.05) is 0 Å². The van der Waals surface area contributed by atoms with Crippen LogP contribution in [0.1, 0.15) is 5.56 Å². The lowest BCUT2D eigenvalue weighted by molar-refractivity contribution is 0.403. The molecule has 0 atom stereocenters. The number of aromatic hydroxyl groups is 2. The van der Waals surface area contributed by atoms with Crippen LogP contribution in [0.2, 0.25) is 0 Å². The van der Waals surface area contributed by atoms with Gasteiger partial charge in [-0.25, -0.2) is 0 Å². The van der Waals surface area contributed by atoms with E-state index in [1.165, 1.54) is 6.07 Å². The molecule has 0 spiro atoms. The van der Waals surface area contributed by atoms with E-state index in [9.17, 15) is 10.2 Å². The molecule has 0 aliphatic carbocycles. The molecule has 0 aliphatic rings. The van der Waals surface area contributed by atoms with Crippen molar-refractivity contribution in [3.63, 3.8) is 0 Å². The first-order valence-corrected chi connectivity index (χ1v) is 4.74. The van der Waals surface area contributed by atoms with Gasteiger partial charge in [-0.2, -0.15) is 5.26 Å². The first kappa shape index (κ1) is 10.1. The molecule has 0 aliphatic heterocycles. The largest absolute Gasteiger partial charge is 0.504 e. The summed E-state index contributed by atoms with van der Waals surface area (Å²) in [5.41, 5.74) is 1.53. The van der Waals surface area contributed by atoms with Gasteiger partial charge in [-0.05, 0) is 17.7 Å². The highest BCUT2D eigenvalue weighted by molar-refractivity contribution is 5.75. The van der Waals surface area contributed by atoms with Gasteiger partial charge in [-0.3, -0.25) is 0 Å². The molecule has 0 aromatic heterocycles. The molecule has 2 aromatic rings. The summed E-state index contributed by atoms with van der Waals surface area (Å²) in [4.78, 5) is 0. The molecule has 2 N–H and O–H groups in total. The molecule has 2 rings (SSSR count). The fourth-order valence-corrected chi connectivity index (χ4v) is 1.55. The van der Waals surface area contributed by atoms with E-state index < -0.39 is 0 Å². The molecule has 16 heavy (non-hydrogen) atoms. The first-order valence-electron chi connectivity index (χ1n) is 4.74. The highest BCUT2D eigenvalue weighted by atomic mass is 16.3. The lowest BCUT2D eigenvalue weighted by Crippen LogP contribution is -1.85. The summed E-state index contributed by atoms with van der Waals surface area (Å²) in [6.07, 6.45) is 0. The van der Waals surface area contributed by atoms with Gasteiger partial charge in [0.25, 0.3) is 0 Å². The average Bonchev–Trinajstić information content (AvgIpc) is 2.33. The maximum absolute atomic E-state index is 9.57. The molecule has 0 unspecified atom stereocenters. The van der Waals surface area contributed by atoms with Crippen LogP contribution in [0.4, 0.5) is 0 Å². The van der Waals surface area contributed by atoms with Crippen molar-refractivity contribution in [3.05, 3.63) is 48.0 Å². The summed E-state index contributed by atoms with van der Waals surface area (Å²) in [6, 6.07) is 14.1. The van der Waals surface area contributed by atoms with Crippen molar-refractivity contribution in [1.82, 2.24) is 0 Å². The number of nitriles is 1. The number of phenols is 2. The van der Waals surface area contributed by atoms with E-state index >= 15 is 0 Å². The van der Waals surface area contributed by atoms with E-state index in [1.807, 2.05) is 36.4 Å². The molecule has 0 amide bonds. The van der Waals surface area contributed by atoms with Gasteiger partial charge in [0.1, 0.15) is 11.6 Å². The first-order chi connectivity index (χ1) is 7.74. The van der Waals surface area contributed by atoms with Crippen LogP contribution in [0, 0.1) is 11.3 Å². The van der Waals surface area contributed by atoms with Crippen molar-refractivity contribution in [2.45, 2.75) is 0 Å². The van der Waals surface area contributed by atoms with E-state index in [2.05, 4.69) is 0 Å². The van der Waals surface area contributed by atoms with E-state index in [1.54, 1.807) is 6.07 Å². The Balaban J connectivity index is 2.68. The third-order valence-electron chi connectivity index (χ3n) is 2.35.